The Kier molecular flexibility index (Phi) is 4.99. The first-order valence-electron chi connectivity index (χ1n) is 9.06. The van der Waals surface area contributed by atoms with E-state index in [9.17, 15) is 13.2 Å². The summed E-state index contributed by atoms with van der Waals surface area (Å²) in [6.45, 7) is 2.41. The van der Waals surface area contributed by atoms with Crippen molar-refractivity contribution in [2.24, 2.45) is 0 Å². The summed E-state index contributed by atoms with van der Waals surface area (Å²) in [6.07, 6.45) is 3.39. The van der Waals surface area contributed by atoms with Crippen LogP contribution in [-0.2, 0) is 6.54 Å². The molecule has 0 saturated carbocycles. The van der Waals surface area contributed by atoms with Crippen LogP contribution in [0.15, 0.2) is 48.7 Å². The van der Waals surface area contributed by atoms with E-state index in [-0.39, 0.29) is 17.3 Å². The number of hydrogen-bond acceptors (Lipinski definition) is 2. The molecule has 1 saturated heterocycles. The molecule has 0 radical (unpaired) electrons. The summed E-state index contributed by atoms with van der Waals surface area (Å²) in [4.78, 5) is 2.28. The molecular weight excluding hydrogens is 351 g/mol. The molecule has 0 spiro atoms. The Morgan fingerprint density at radius 2 is 1.78 bits per heavy atom. The number of aromatic nitrogens is 2. The maximum absolute atomic E-state index is 14.2. The highest BCUT2D eigenvalue weighted by atomic mass is 19.1. The van der Waals surface area contributed by atoms with Gasteiger partial charge in [0, 0.05) is 30.3 Å². The molecule has 4 rings (SSSR count). The summed E-state index contributed by atoms with van der Waals surface area (Å²) in [5.74, 6) is -1.31. The highest BCUT2D eigenvalue weighted by Crippen LogP contribution is 2.35. The minimum Gasteiger partial charge on any atom is -0.298 e. The minimum absolute atomic E-state index is 0.0306. The van der Waals surface area contributed by atoms with Crippen molar-refractivity contribution in [3.63, 3.8) is 0 Å². The molecule has 0 amide bonds. The monoisotopic (exact) mass is 371 g/mol. The molecule has 1 aliphatic rings. The second-order valence-electron chi connectivity index (χ2n) is 6.99. The number of halogens is 3. The molecule has 6 heteroatoms. The molecule has 27 heavy (non-hydrogen) atoms. The number of piperidine rings is 1. The Labute approximate surface area is 155 Å². The predicted octanol–water partition coefficient (Wildman–Crippen LogP) is 4.87. The van der Waals surface area contributed by atoms with Gasteiger partial charge in [0.05, 0.1) is 11.8 Å². The summed E-state index contributed by atoms with van der Waals surface area (Å²) in [5, 5.41) is 7.02. The number of nitrogens with zero attached hydrogens (tertiary/aromatic N) is 2. The molecule has 1 N–H and O–H groups in total. The molecule has 3 nitrogen and oxygen atoms in total. The summed E-state index contributed by atoms with van der Waals surface area (Å²) >= 11 is 0. The van der Waals surface area contributed by atoms with Crippen LogP contribution in [0, 0.1) is 17.5 Å². The molecule has 0 aliphatic carbocycles. The lowest BCUT2D eigenvalue weighted by atomic mass is 9.90. The van der Waals surface area contributed by atoms with Crippen molar-refractivity contribution in [1.29, 1.82) is 0 Å². The highest BCUT2D eigenvalue weighted by molar-refractivity contribution is 5.67. The van der Waals surface area contributed by atoms with E-state index < -0.39 is 11.6 Å². The van der Waals surface area contributed by atoms with Crippen LogP contribution in [0.4, 0.5) is 13.2 Å². The van der Waals surface area contributed by atoms with Crippen molar-refractivity contribution in [2.75, 3.05) is 13.1 Å². The lowest BCUT2D eigenvalue weighted by molar-refractivity contribution is 0.198. The number of benzene rings is 2. The summed E-state index contributed by atoms with van der Waals surface area (Å²) < 4.78 is 41.6. The standard InChI is InChI=1S/C21H20F3N3/c22-16-8-6-14(7-9-16)12-27-10-2-3-15(13-27)21-17(11-25-26-21)20-18(23)4-1-5-19(20)24/h1,4-9,11,15H,2-3,10,12-13H2,(H,25,26). The van der Waals surface area contributed by atoms with Gasteiger partial charge in [0.15, 0.2) is 0 Å². The van der Waals surface area contributed by atoms with E-state index in [1.54, 1.807) is 12.1 Å². The van der Waals surface area contributed by atoms with Gasteiger partial charge in [-0.05, 0) is 49.2 Å². The van der Waals surface area contributed by atoms with Crippen molar-refractivity contribution >= 4 is 0 Å². The van der Waals surface area contributed by atoms with Gasteiger partial charge in [-0.1, -0.05) is 18.2 Å². The van der Waals surface area contributed by atoms with Gasteiger partial charge in [0.2, 0.25) is 0 Å². The number of aromatic amines is 1. The number of hydrogen-bond donors (Lipinski definition) is 1. The lowest BCUT2D eigenvalue weighted by Gasteiger charge is -2.32. The maximum atomic E-state index is 14.2. The molecule has 1 unspecified atom stereocenters. The van der Waals surface area contributed by atoms with Crippen molar-refractivity contribution in [1.82, 2.24) is 15.1 Å². The first-order valence-corrected chi connectivity index (χ1v) is 9.06. The SMILES string of the molecule is Fc1ccc(CN2CCCC(c3[nH]ncc3-c3c(F)cccc3F)C2)cc1. The first-order chi connectivity index (χ1) is 13.1. The molecule has 1 atom stereocenters. The summed E-state index contributed by atoms with van der Waals surface area (Å²) in [6, 6.07) is 10.4. The quantitative estimate of drug-likeness (QED) is 0.709. The summed E-state index contributed by atoms with van der Waals surface area (Å²) in [5.41, 5.74) is 2.26. The topological polar surface area (TPSA) is 31.9 Å². The van der Waals surface area contributed by atoms with E-state index in [1.165, 1.54) is 36.5 Å². The van der Waals surface area contributed by atoms with Gasteiger partial charge in [0.1, 0.15) is 17.5 Å². The van der Waals surface area contributed by atoms with Crippen molar-refractivity contribution in [2.45, 2.75) is 25.3 Å². The van der Waals surface area contributed by atoms with Crippen molar-refractivity contribution in [3.05, 3.63) is 77.4 Å². The van der Waals surface area contributed by atoms with Crippen molar-refractivity contribution in [3.8, 4) is 11.1 Å². The number of H-pyrrole nitrogens is 1. The zero-order valence-electron chi connectivity index (χ0n) is 14.8. The third-order valence-electron chi connectivity index (χ3n) is 5.13. The Hall–Kier alpha value is -2.60. The smallest absolute Gasteiger partial charge is 0.134 e. The van der Waals surface area contributed by atoms with Gasteiger partial charge in [0.25, 0.3) is 0 Å². The second kappa shape index (κ2) is 7.56. The van der Waals surface area contributed by atoms with Crippen LogP contribution in [0.25, 0.3) is 11.1 Å². The molecule has 0 bridgehead atoms. The van der Waals surface area contributed by atoms with Gasteiger partial charge >= 0.3 is 0 Å². The van der Waals surface area contributed by atoms with E-state index in [0.717, 1.165) is 37.2 Å². The third-order valence-corrected chi connectivity index (χ3v) is 5.13. The van der Waals surface area contributed by atoms with Crippen LogP contribution in [0.5, 0.6) is 0 Å². The molecule has 1 aliphatic heterocycles. The Morgan fingerprint density at radius 3 is 2.52 bits per heavy atom. The lowest BCUT2D eigenvalue weighted by Crippen LogP contribution is -2.34. The van der Waals surface area contributed by atoms with E-state index in [1.807, 2.05) is 0 Å². The minimum atomic E-state index is -0.586. The Morgan fingerprint density at radius 1 is 1.04 bits per heavy atom. The Balaban J connectivity index is 1.56. The normalized spacial score (nSPS) is 18.0. The van der Waals surface area contributed by atoms with Crippen molar-refractivity contribution < 1.29 is 13.2 Å². The van der Waals surface area contributed by atoms with Gasteiger partial charge in [-0.3, -0.25) is 10.00 Å². The Bertz CT molecular complexity index is 900. The second-order valence-corrected chi connectivity index (χ2v) is 6.99. The third kappa shape index (κ3) is 3.76. The van der Waals surface area contributed by atoms with Gasteiger partial charge in [-0.2, -0.15) is 5.10 Å². The van der Waals surface area contributed by atoms with Gasteiger partial charge in [-0.25, -0.2) is 13.2 Å². The molecule has 2 heterocycles. The van der Waals surface area contributed by atoms with E-state index in [2.05, 4.69) is 15.1 Å². The van der Waals surface area contributed by atoms with Crippen LogP contribution in [0.2, 0.25) is 0 Å². The van der Waals surface area contributed by atoms with Crippen LogP contribution in [0.3, 0.4) is 0 Å². The molecule has 1 fully saturated rings. The fraction of sp³-hybridized carbons (Fsp3) is 0.286. The average molecular weight is 371 g/mol. The largest absolute Gasteiger partial charge is 0.298 e. The van der Waals surface area contributed by atoms with E-state index in [0.29, 0.717) is 12.1 Å². The van der Waals surface area contributed by atoms with Crippen LogP contribution >= 0.6 is 0 Å². The number of rotatable bonds is 4. The average Bonchev–Trinajstić information content (AvgIpc) is 3.13. The zero-order chi connectivity index (χ0) is 18.8. The predicted molar refractivity (Wildman–Crippen MR) is 97.6 cm³/mol. The van der Waals surface area contributed by atoms with Crippen LogP contribution in [-0.4, -0.2) is 28.2 Å². The molecular formula is C21H20F3N3. The number of nitrogens with one attached hydrogen (secondary N) is 1. The van der Waals surface area contributed by atoms with E-state index in [4.69, 9.17) is 0 Å². The molecule has 3 aromatic rings. The van der Waals surface area contributed by atoms with Gasteiger partial charge < -0.3 is 0 Å². The van der Waals surface area contributed by atoms with E-state index >= 15 is 0 Å². The molecule has 2 aromatic carbocycles. The van der Waals surface area contributed by atoms with Gasteiger partial charge in [-0.15, -0.1) is 0 Å². The highest BCUT2D eigenvalue weighted by Gasteiger charge is 2.27. The first kappa shape index (κ1) is 17.8. The summed E-state index contributed by atoms with van der Waals surface area (Å²) in [7, 11) is 0. The van der Waals surface area contributed by atoms with Crippen LogP contribution < -0.4 is 0 Å². The fourth-order valence-corrected chi connectivity index (χ4v) is 3.84. The fourth-order valence-electron chi connectivity index (χ4n) is 3.84. The molecule has 1 aromatic heterocycles. The number of likely N-dealkylation sites (tertiary alicyclic amines) is 1. The van der Waals surface area contributed by atoms with Crippen LogP contribution in [0.1, 0.15) is 30.0 Å². The zero-order valence-corrected chi connectivity index (χ0v) is 14.8. The molecule has 140 valence electrons. The maximum Gasteiger partial charge on any atom is 0.134 e.